The van der Waals surface area contributed by atoms with Crippen molar-refractivity contribution >= 4 is 0 Å². The van der Waals surface area contributed by atoms with Crippen molar-refractivity contribution < 1.29 is 14.8 Å². The number of nitrogens with two attached hydrogens (primary N) is 1. The first-order chi connectivity index (χ1) is 15.0. The summed E-state index contributed by atoms with van der Waals surface area (Å²) in [4.78, 5) is 0. The highest BCUT2D eigenvalue weighted by Gasteiger charge is 2.25. The molecule has 1 saturated carbocycles. The molecule has 0 unspecified atom stereocenters. The Bertz CT molecular complexity index is 746. The summed E-state index contributed by atoms with van der Waals surface area (Å²) >= 11 is 0. The van der Waals surface area contributed by atoms with E-state index in [1.807, 2.05) is 0 Å². The molecule has 0 aromatic heterocycles. The van der Waals surface area contributed by atoms with E-state index in [-0.39, 0.29) is 12.2 Å². The van der Waals surface area contributed by atoms with Crippen LogP contribution in [-0.4, -0.2) is 18.8 Å². The van der Waals surface area contributed by atoms with Gasteiger partial charge in [-0.1, -0.05) is 31.4 Å². The SMILES string of the molecule is CC(C)Oc1ccc(C[NH2+]CC[C@H](c2ccc(OC(C)C)cc2)C2CCCCC2)cc1. The molecule has 3 heteroatoms. The molecule has 1 atom stereocenters. The number of hydrogen-bond acceptors (Lipinski definition) is 2. The molecule has 1 aliphatic carbocycles. The van der Waals surface area contributed by atoms with Gasteiger partial charge < -0.3 is 14.8 Å². The van der Waals surface area contributed by atoms with Gasteiger partial charge in [0.2, 0.25) is 0 Å². The van der Waals surface area contributed by atoms with E-state index in [2.05, 4.69) is 81.5 Å². The molecule has 0 aliphatic heterocycles. The van der Waals surface area contributed by atoms with Crippen molar-refractivity contribution in [3.8, 4) is 11.5 Å². The molecular weight excluding hydrogens is 382 g/mol. The minimum absolute atomic E-state index is 0.222. The van der Waals surface area contributed by atoms with Crippen molar-refractivity contribution in [2.45, 2.75) is 90.9 Å². The molecule has 0 radical (unpaired) electrons. The van der Waals surface area contributed by atoms with E-state index >= 15 is 0 Å². The van der Waals surface area contributed by atoms with E-state index in [1.54, 1.807) is 0 Å². The Hall–Kier alpha value is -2.00. The van der Waals surface area contributed by atoms with Gasteiger partial charge in [0.05, 0.1) is 18.8 Å². The van der Waals surface area contributed by atoms with Gasteiger partial charge in [-0.25, -0.2) is 0 Å². The summed E-state index contributed by atoms with van der Waals surface area (Å²) in [6.45, 7) is 10.5. The highest BCUT2D eigenvalue weighted by atomic mass is 16.5. The maximum atomic E-state index is 5.86. The fourth-order valence-electron chi connectivity index (χ4n) is 4.82. The summed E-state index contributed by atoms with van der Waals surface area (Å²) < 4.78 is 11.6. The Labute approximate surface area is 189 Å². The second-order valence-electron chi connectivity index (χ2n) is 9.62. The topological polar surface area (TPSA) is 35.1 Å². The molecule has 1 aliphatic rings. The average Bonchev–Trinajstić information content (AvgIpc) is 2.75. The molecule has 2 aromatic rings. The summed E-state index contributed by atoms with van der Waals surface area (Å²) in [5.74, 6) is 3.43. The minimum atomic E-state index is 0.222. The predicted octanol–water partition coefficient (Wildman–Crippen LogP) is 6.08. The largest absolute Gasteiger partial charge is 0.491 e. The van der Waals surface area contributed by atoms with Gasteiger partial charge in [-0.2, -0.15) is 0 Å². The molecule has 0 bridgehead atoms. The van der Waals surface area contributed by atoms with Gasteiger partial charge >= 0.3 is 0 Å². The lowest BCUT2D eigenvalue weighted by Gasteiger charge is -2.30. The molecular formula is C28H42NO2+. The molecule has 1 fully saturated rings. The normalized spacial score (nSPS) is 15.9. The Morgan fingerprint density at radius 2 is 1.32 bits per heavy atom. The first-order valence-electron chi connectivity index (χ1n) is 12.3. The average molecular weight is 425 g/mol. The lowest BCUT2D eigenvalue weighted by Crippen LogP contribution is -2.82. The summed E-state index contributed by atoms with van der Waals surface area (Å²) in [6.07, 6.45) is 8.64. The van der Waals surface area contributed by atoms with Crippen LogP contribution in [0.5, 0.6) is 11.5 Å². The van der Waals surface area contributed by atoms with Gasteiger partial charge in [-0.05, 0) is 94.3 Å². The van der Waals surface area contributed by atoms with Crippen LogP contribution in [0.4, 0.5) is 0 Å². The number of hydrogen-bond donors (Lipinski definition) is 1. The molecule has 3 nitrogen and oxygen atoms in total. The lowest BCUT2D eigenvalue weighted by molar-refractivity contribution is -0.671. The second kappa shape index (κ2) is 12.1. The zero-order chi connectivity index (χ0) is 22.1. The van der Waals surface area contributed by atoms with Gasteiger partial charge in [0, 0.05) is 12.0 Å². The van der Waals surface area contributed by atoms with Crippen molar-refractivity contribution in [3.05, 3.63) is 59.7 Å². The van der Waals surface area contributed by atoms with E-state index in [1.165, 1.54) is 49.7 Å². The van der Waals surface area contributed by atoms with E-state index in [4.69, 9.17) is 9.47 Å². The van der Waals surface area contributed by atoms with Crippen molar-refractivity contribution in [3.63, 3.8) is 0 Å². The third kappa shape index (κ3) is 7.88. The predicted molar refractivity (Wildman–Crippen MR) is 129 cm³/mol. The second-order valence-corrected chi connectivity index (χ2v) is 9.62. The van der Waals surface area contributed by atoms with Crippen molar-refractivity contribution in [2.75, 3.05) is 6.54 Å². The fourth-order valence-corrected chi connectivity index (χ4v) is 4.82. The first kappa shape index (κ1) is 23.7. The van der Waals surface area contributed by atoms with Crippen LogP contribution >= 0.6 is 0 Å². The molecule has 0 spiro atoms. The number of quaternary nitrogens is 1. The first-order valence-corrected chi connectivity index (χ1v) is 12.3. The highest BCUT2D eigenvalue weighted by Crippen LogP contribution is 2.38. The fraction of sp³-hybridized carbons (Fsp3) is 0.571. The van der Waals surface area contributed by atoms with Gasteiger partial charge in [0.25, 0.3) is 0 Å². The zero-order valence-electron chi connectivity index (χ0n) is 20.0. The highest BCUT2D eigenvalue weighted by molar-refractivity contribution is 5.30. The van der Waals surface area contributed by atoms with Gasteiger partial charge in [0.15, 0.2) is 0 Å². The number of rotatable bonds is 11. The number of ether oxygens (including phenoxy) is 2. The maximum Gasteiger partial charge on any atom is 0.119 e. The Morgan fingerprint density at radius 1 is 0.774 bits per heavy atom. The van der Waals surface area contributed by atoms with Crippen LogP contribution < -0.4 is 14.8 Å². The zero-order valence-corrected chi connectivity index (χ0v) is 20.0. The molecule has 3 rings (SSSR count). The Morgan fingerprint density at radius 3 is 1.87 bits per heavy atom. The molecule has 2 N–H and O–H groups in total. The van der Waals surface area contributed by atoms with Crippen LogP contribution in [0.15, 0.2) is 48.5 Å². The van der Waals surface area contributed by atoms with E-state index in [9.17, 15) is 0 Å². The van der Waals surface area contributed by atoms with Crippen LogP contribution in [0.25, 0.3) is 0 Å². The smallest absolute Gasteiger partial charge is 0.119 e. The van der Waals surface area contributed by atoms with E-state index in [0.717, 1.165) is 30.5 Å². The summed E-state index contributed by atoms with van der Waals surface area (Å²) in [5.41, 5.74) is 2.85. The number of benzene rings is 2. The van der Waals surface area contributed by atoms with Gasteiger partial charge in [-0.15, -0.1) is 0 Å². The molecule has 0 amide bonds. The monoisotopic (exact) mass is 424 g/mol. The Kier molecular flexibility index (Phi) is 9.27. The standard InChI is InChI=1S/C28H41NO2/c1-21(2)30-26-14-10-23(11-15-26)20-29-19-18-28(24-8-6-5-7-9-24)25-12-16-27(17-13-25)31-22(3)4/h10-17,21-22,24,28-29H,5-9,18-20H2,1-4H3/p+1/t28-/m0/s1. The maximum absolute atomic E-state index is 5.86. The molecule has 31 heavy (non-hydrogen) atoms. The molecule has 0 saturated heterocycles. The quantitative estimate of drug-likeness (QED) is 0.444. The summed E-state index contributed by atoms with van der Waals surface area (Å²) in [6, 6.07) is 17.5. The Balaban J connectivity index is 1.55. The van der Waals surface area contributed by atoms with Crippen LogP contribution in [0, 0.1) is 5.92 Å². The van der Waals surface area contributed by atoms with Crippen molar-refractivity contribution in [1.82, 2.24) is 0 Å². The van der Waals surface area contributed by atoms with Crippen molar-refractivity contribution in [1.29, 1.82) is 0 Å². The molecule has 2 aromatic carbocycles. The van der Waals surface area contributed by atoms with Gasteiger partial charge in [-0.3, -0.25) is 0 Å². The van der Waals surface area contributed by atoms with Crippen molar-refractivity contribution in [2.24, 2.45) is 5.92 Å². The van der Waals surface area contributed by atoms with E-state index in [0.29, 0.717) is 5.92 Å². The lowest BCUT2D eigenvalue weighted by atomic mass is 9.75. The summed E-state index contributed by atoms with van der Waals surface area (Å²) in [7, 11) is 0. The van der Waals surface area contributed by atoms with Crippen LogP contribution in [0.2, 0.25) is 0 Å². The third-order valence-electron chi connectivity index (χ3n) is 6.26. The third-order valence-corrected chi connectivity index (χ3v) is 6.26. The van der Waals surface area contributed by atoms with Crippen LogP contribution in [-0.2, 0) is 6.54 Å². The molecule has 170 valence electrons. The molecule has 0 heterocycles. The summed E-state index contributed by atoms with van der Waals surface area (Å²) in [5, 5.41) is 2.46. The van der Waals surface area contributed by atoms with E-state index < -0.39 is 0 Å². The van der Waals surface area contributed by atoms with Gasteiger partial charge in [0.1, 0.15) is 18.0 Å². The van der Waals surface area contributed by atoms with Crippen LogP contribution in [0.3, 0.4) is 0 Å². The van der Waals surface area contributed by atoms with Crippen LogP contribution in [0.1, 0.15) is 83.3 Å². The minimum Gasteiger partial charge on any atom is -0.491 e.